The summed E-state index contributed by atoms with van der Waals surface area (Å²) in [5, 5.41) is 0. The highest BCUT2D eigenvalue weighted by atomic mass is 14.2. The van der Waals surface area contributed by atoms with Crippen LogP contribution in [0.4, 0.5) is 0 Å². The summed E-state index contributed by atoms with van der Waals surface area (Å²) in [4.78, 5) is 0. The van der Waals surface area contributed by atoms with E-state index in [0.717, 1.165) is 0 Å². The van der Waals surface area contributed by atoms with Crippen molar-refractivity contribution in [1.82, 2.24) is 0 Å². The van der Waals surface area contributed by atoms with E-state index in [2.05, 4.69) is 46.8 Å². The molecule has 0 atom stereocenters. The average Bonchev–Trinajstić information content (AvgIpc) is 2.69. The Morgan fingerprint density at radius 3 is 1.56 bits per heavy atom. The zero-order valence-corrected chi connectivity index (χ0v) is 19.3. The van der Waals surface area contributed by atoms with Gasteiger partial charge in [0.15, 0.2) is 0 Å². The van der Waals surface area contributed by atoms with Crippen molar-refractivity contribution in [2.24, 2.45) is 0 Å². The number of rotatable bonds is 16. The topological polar surface area (TPSA) is 0 Å². The first-order chi connectivity index (χ1) is 13.2. The molecule has 0 N–H and O–H groups in total. The van der Waals surface area contributed by atoms with Crippen LogP contribution < -0.4 is 0 Å². The van der Waals surface area contributed by atoms with Gasteiger partial charge in [-0.15, -0.1) is 0 Å². The summed E-state index contributed by atoms with van der Waals surface area (Å²) in [7, 11) is 0. The van der Waals surface area contributed by atoms with E-state index in [4.69, 9.17) is 0 Å². The second-order valence-corrected chi connectivity index (χ2v) is 8.35. The Bertz CT molecular complexity index is 477. The standard InChI is InChI=1S/C27H47/c1-6-11-16-23(17-12-7-2)26-22-21-24(18-13-8-3)25(19-14-9-4)27(26)20-15-10-5/h21-22H,6-20H2,1-5H3. The maximum absolute atomic E-state index is 2.52. The highest BCUT2D eigenvalue weighted by molar-refractivity contribution is 5.48. The molecule has 0 amide bonds. The minimum absolute atomic E-state index is 1.27. The third-order valence-corrected chi connectivity index (χ3v) is 5.93. The van der Waals surface area contributed by atoms with E-state index in [9.17, 15) is 0 Å². The van der Waals surface area contributed by atoms with Crippen LogP contribution in [0.1, 0.15) is 134 Å². The van der Waals surface area contributed by atoms with Crippen molar-refractivity contribution in [3.05, 3.63) is 40.3 Å². The fraction of sp³-hybridized carbons (Fsp3) is 0.741. The van der Waals surface area contributed by atoms with Crippen LogP contribution in [-0.2, 0) is 19.3 Å². The third kappa shape index (κ3) is 8.41. The van der Waals surface area contributed by atoms with Gasteiger partial charge in [0.05, 0.1) is 0 Å². The molecule has 1 aromatic carbocycles. The molecule has 0 aliphatic rings. The Morgan fingerprint density at radius 2 is 1.04 bits per heavy atom. The summed E-state index contributed by atoms with van der Waals surface area (Å²) >= 11 is 0. The largest absolute Gasteiger partial charge is 0.0654 e. The number of benzene rings is 1. The number of hydrogen-bond donors (Lipinski definition) is 0. The molecule has 0 spiro atoms. The Kier molecular flexibility index (Phi) is 13.6. The monoisotopic (exact) mass is 371 g/mol. The van der Waals surface area contributed by atoms with E-state index in [-0.39, 0.29) is 0 Å². The lowest BCUT2D eigenvalue weighted by Crippen LogP contribution is -2.10. The average molecular weight is 372 g/mol. The Morgan fingerprint density at radius 1 is 0.556 bits per heavy atom. The molecule has 0 aliphatic heterocycles. The molecule has 0 saturated carbocycles. The summed E-state index contributed by atoms with van der Waals surface area (Å²) in [5.74, 6) is 1.75. The van der Waals surface area contributed by atoms with E-state index in [1.54, 1.807) is 28.2 Å². The molecule has 0 bridgehead atoms. The molecule has 155 valence electrons. The maximum Gasteiger partial charge on any atom is 0.00527 e. The molecule has 0 saturated heterocycles. The van der Waals surface area contributed by atoms with Gasteiger partial charge < -0.3 is 0 Å². The van der Waals surface area contributed by atoms with Gasteiger partial charge in [0.25, 0.3) is 0 Å². The van der Waals surface area contributed by atoms with Crippen LogP contribution in [0, 0.1) is 5.92 Å². The first-order valence-electron chi connectivity index (χ1n) is 12.2. The van der Waals surface area contributed by atoms with Crippen molar-refractivity contribution in [2.45, 2.75) is 131 Å². The van der Waals surface area contributed by atoms with Gasteiger partial charge in [-0.3, -0.25) is 0 Å². The van der Waals surface area contributed by atoms with Gasteiger partial charge in [-0.05, 0) is 73.6 Å². The first kappa shape index (κ1) is 24.3. The van der Waals surface area contributed by atoms with Crippen molar-refractivity contribution in [3.8, 4) is 0 Å². The van der Waals surface area contributed by atoms with Crippen molar-refractivity contribution in [2.75, 3.05) is 0 Å². The summed E-state index contributed by atoms with van der Waals surface area (Å²) in [5.41, 5.74) is 6.78. The molecular weight excluding hydrogens is 324 g/mol. The molecule has 27 heavy (non-hydrogen) atoms. The third-order valence-electron chi connectivity index (χ3n) is 5.93. The predicted octanol–water partition coefficient (Wildman–Crippen LogP) is 9.02. The minimum atomic E-state index is 1.27. The van der Waals surface area contributed by atoms with Gasteiger partial charge in [-0.1, -0.05) is 91.7 Å². The van der Waals surface area contributed by atoms with Gasteiger partial charge in [0.1, 0.15) is 0 Å². The fourth-order valence-corrected chi connectivity index (χ4v) is 4.15. The van der Waals surface area contributed by atoms with Crippen LogP contribution in [0.2, 0.25) is 0 Å². The summed E-state index contributed by atoms with van der Waals surface area (Å²) in [6.07, 6.45) is 19.6. The van der Waals surface area contributed by atoms with Gasteiger partial charge in [0, 0.05) is 5.92 Å². The number of unbranched alkanes of at least 4 members (excludes halogenated alkanes) is 5. The molecule has 1 radical (unpaired) electrons. The highest BCUT2D eigenvalue weighted by Crippen LogP contribution is 2.34. The summed E-state index contributed by atoms with van der Waals surface area (Å²) < 4.78 is 0. The Balaban J connectivity index is 3.31. The lowest BCUT2D eigenvalue weighted by molar-refractivity contribution is 0.646. The summed E-state index contributed by atoms with van der Waals surface area (Å²) in [6.45, 7) is 11.7. The second-order valence-electron chi connectivity index (χ2n) is 8.35. The molecule has 1 aromatic rings. The van der Waals surface area contributed by atoms with Crippen molar-refractivity contribution in [3.63, 3.8) is 0 Å². The molecule has 0 fully saturated rings. The molecule has 0 heteroatoms. The van der Waals surface area contributed by atoms with E-state index in [1.165, 1.54) is 96.3 Å². The molecule has 0 aromatic heterocycles. The Labute approximate surface area is 171 Å². The lowest BCUT2D eigenvalue weighted by atomic mass is 9.80. The number of aryl methyl sites for hydroxylation is 1. The van der Waals surface area contributed by atoms with E-state index in [1.807, 2.05) is 0 Å². The van der Waals surface area contributed by atoms with Crippen LogP contribution in [0.5, 0.6) is 0 Å². The van der Waals surface area contributed by atoms with Crippen LogP contribution in [0.15, 0.2) is 12.1 Å². The molecule has 0 unspecified atom stereocenters. The van der Waals surface area contributed by atoms with Gasteiger partial charge >= 0.3 is 0 Å². The predicted molar refractivity (Wildman–Crippen MR) is 124 cm³/mol. The quantitative estimate of drug-likeness (QED) is 0.272. The van der Waals surface area contributed by atoms with E-state index in [0.29, 0.717) is 0 Å². The maximum atomic E-state index is 2.52. The van der Waals surface area contributed by atoms with Crippen molar-refractivity contribution >= 4 is 0 Å². The normalized spacial score (nSPS) is 11.5. The Hall–Kier alpha value is -0.780. The number of hydrogen-bond acceptors (Lipinski definition) is 0. The van der Waals surface area contributed by atoms with E-state index >= 15 is 0 Å². The van der Waals surface area contributed by atoms with Gasteiger partial charge in [0.2, 0.25) is 0 Å². The van der Waals surface area contributed by atoms with Crippen LogP contribution in [-0.4, -0.2) is 0 Å². The highest BCUT2D eigenvalue weighted by Gasteiger charge is 2.19. The van der Waals surface area contributed by atoms with Gasteiger partial charge in [-0.2, -0.15) is 0 Å². The summed E-state index contributed by atoms with van der Waals surface area (Å²) in [6, 6.07) is 5.02. The first-order valence-corrected chi connectivity index (χ1v) is 12.2. The molecule has 0 heterocycles. The second kappa shape index (κ2) is 15.2. The molecule has 1 rings (SSSR count). The molecular formula is C27H47. The van der Waals surface area contributed by atoms with Crippen LogP contribution in [0.3, 0.4) is 0 Å². The van der Waals surface area contributed by atoms with Crippen molar-refractivity contribution < 1.29 is 0 Å². The van der Waals surface area contributed by atoms with Crippen LogP contribution >= 0.6 is 0 Å². The SMILES string of the molecule is CCCC[C](CCCC)c1ccc(CCCC)c(CCCC)c1CCCC. The zero-order chi connectivity index (χ0) is 19.9. The lowest BCUT2D eigenvalue weighted by Gasteiger charge is -2.25. The molecule has 0 aliphatic carbocycles. The fourth-order valence-electron chi connectivity index (χ4n) is 4.15. The van der Waals surface area contributed by atoms with E-state index < -0.39 is 0 Å². The zero-order valence-electron chi connectivity index (χ0n) is 19.3. The minimum Gasteiger partial charge on any atom is -0.0654 e. The smallest absolute Gasteiger partial charge is 0.00527 e. The van der Waals surface area contributed by atoms with Crippen LogP contribution in [0.25, 0.3) is 0 Å². The van der Waals surface area contributed by atoms with Gasteiger partial charge in [-0.25, -0.2) is 0 Å². The van der Waals surface area contributed by atoms with Crippen molar-refractivity contribution in [1.29, 1.82) is 0 Å². The molecule has 0 nitrogen and oxygen atoms in total.